The topological polar surface area (TPSA) is 69.7 Å². The number of hydrogen-bond acceptors (Lipinski definition) is 5. The summed E-state index contributed by atoms with van der Waals surface area (Å²) >= 11 is 0. The monoisotopic (exact) mass is 228 g/mol. The molecule has 0 aromatic heterocycles. The van der Waals surface area contributed by atoms with Gasteiger partial charge in [0.05, 0.1) is 6.61 Å². The summed E-state index contributed by atoms with van der Waals surface area (Å²) in [5.74, 6) is -1.52. The molecule has 0 aromatic carbocycles. The zero-order chi connectivity index (χ0) is 12.3. The van der Waals surface area contributed by atoms with Crippen LogP contribution in [-0.2, 0) is 23.9 Å². The van der Waals surface area contributed by atoms with Crippen molar-refractivity contribution >= 4 is 17.7 Å². The van der Waals surface area contributed by atoms with Gasteiger partial charge in [-0.3, -0.25) is 14.4 Å². The molecule has 2 atom stereocenters. The first-order valence-corrected chi connectivity index (χ1v) is 5.30. The lowest BCUT2D eigenvalue weighted by Gasteiger charge is -2.20. The molecule has 1 aliphatic rings. The van der Waals surface area contributed by atoms with E-state index in [9.17, 15) is 14.4 Å². The Labute approximate surface area is 94.1 Å². The summed E-state index contributed by atoms with van der Waals surface area (Å²) in [5, 5.41) is 0. The predicted octanol–water partition coefficient (Wildman–Crippen LogP) is 0.850. The molecule has 5 heteroatoms. The van der Waals surface area contributed by atoms with Crippen molar-refractivity contribution in [2.75, 3.05) is 6.61 Å². The third-order valence-electron chi connectivity index (χ3n) is 2.55. The van der Waals surface area contributed by atoms with Crippen molar-refractivity contribution in [1.29, 1.82) is 0 Å². The lowest BCUT2D eigenvalue weighted by molar-refractivity contribution is -0.166. The summed E-state index contributed by atoms with van der Waals surface area (Å²) in [6.07, 6.45) is -0.282. The van der Waals surface area contributed by atoms with Crippen molar-refractivity contribution in [2.45, 2.75) is 39.7 Å². The highest BCUT2D eigenvalue weighted by molar-refractivity contribution is 6.04. The quantitative estimate of drug-likeness (QED) is 0.527. The molecule has 16 heavy (non-hydrogen) atoms. The predicted molar refractivity (Wildman–Crippen MR) is 54.5 cm³/mol. The SMILES string of the molecule is CCOC(=O)C1(CC(C)=O)CC(C)OC1=O. The lowest BCUT2D eigenvalue weighted by Crippen LogP contribution is -2.39. The van der Waals surface area contributed by atoms with Crippen LogP contribution in [0, 0.1) is 5.41 Å². The van der Waals surface area contributed by atoms with E-state index >= 15 is 0 Å². The number of ketones is 1. The molecule has 5 nitrogen and oxygen atoms in total. The summed E-state index contributed by atoms with van der Waals surface area (Å²) < 4.78 is 9.81. The van der Waals surface area contributed by atoms with Crippen LogP contribution in [0.5, 0.6) is 0 Å². The molecule has 2 unspecified atom stereocenters. The molecule has 90 valence electrons. The molecule has 0 saturated carbocycles. The van der Waals surface area contributed by atoms with Gasteiger partial charge in [-0.25, -0.2) is 0 Å². The van der Waals surface area contributed by atoms with Gasteiger partial charge in [-0.05, 0) is 20.8 Å². The highest BCUT2D eigenvalue weighted by Crippen LogP contribution is 2.38. The van der Waals surface area contributed by atoms with Crippen LogP contribution in [0.2, 0.25) is 0 Å². The van der Waals surface area contributed by atoms with E-state index in [-0.39, 0.29) is 31.3 Å². The van der Waals surface area contributed by atoms with Gasteiger partial charge < -0.3 is 9.47 Å². The summed E-state index contributed by atoms with van der Waals surface area (Å²) in [7, 11) is 0. The van der Waals surface area contributed by atoms with Crippen LogP contribution in [0.15, 0.2) is 0 Å². The van der Waals surface area contributed by atoms with Gasteiger partial charge in [0.25, 0.3) is 0 Å². The Hall–Kier alpha value is -1.39. The van der Waals surface area contributed by atoms with E-state index in [1.165, 1.54) is 6.92 Å². The van der Waals surface area contributed by atoms with Gasteiger partial charge in [-0.1, -0.05) is 0 Å². The number of carbonyl (C=O) groups excluding carboxylic acids is 3. The normalized spacial score (nSPS) is 28.7. The van der Waals surface area contributed by atoms with Gasteiger partial charge in [0.15, 0.2) is 5.41 Å². The standard InChI is InChI=1S/C11H16O5/c1-4-15-9(13)11(5-7(2)12)6-8(3)16-10(11)14/h8H,4-6H2,1-3H3. The Kier molecular flexibility index (Phi) is 3.67. The number of esters is 2. The van der Waals surface area contributed by atoms with Crippen molar-refractivity contribution in [3.63, 3.8) is 0 Å². The first kappa shape index (κ1) is 12.7. The third-order valence-corrected chi connectivity index (χ3v) is 2.55. The molecule has 0 aromatic rings. The molecular formula is C11H16O5. The number of cyclic esters (lactones) is 1. The largest absolute Gasteiger partial charge is 0.465 e. The average Bonchev–Trinajstić information content (AvgIpc) is 2.42. The molecule has 0 spiro atoms. The van der Waals surface area contributed by atoms with Gasteiger partial charge in [0.1, 0.15) is 11.9 Å². The van der Waals surface area contributed by atoms with E-state index in [1.807, 2.05) is 0 Å². The smallest absolute Gasteiger partial charge is 0.324 e. The number of carbonyl (C=O) groups is 3. The third kappa shape index (κ3) is 2.23. The second kappa shape index (κ2) is 4.63. The lowest BCUT2D eigenvalue weighted by atomic mass is 9.80. The van der Waals surface area contributed by atoms with E-state index in [1.54, 1.807) is 13.8 Å². The summed E-state index contributed by atoms with van der Waals surface area (Å²) in [4.78, 5) is 34.6. The van der Waals surface area contributed by atoms with Crippen LogP contribution in [0.1, 0.15) is 33.6 Å². The van der Waals surface area contributed by atoms with Crippen LogP contribution in [0.4, 0.5) is 0 Å². The van der Waals surface area contributed by atoms with E-state index in [0.29, 0.717) is 0 Å². The zero-order valence-electron chi connectivity index (χ0n) is 9.74. The van der Waals surface area contributed by atoms with Crippen molar-refractivity contribution in [2.24, 2.45) is 5.41 Å². The zero-order valence-corrected chi connectivity index (χ0v) is 9.74. The summed E-state index contributed by atoms with van der Waals surface area (Å²) in [6, 6.07) is 0. The fourth-order valence-corrected chi connectivity index (χ4v) is 1.99. The van der Waals surface area contributed by atoms with E-state index in [0.717, 1.165) is 0 Å². The molecule has 1 aliphatic heterocycles. The van der Waals surface area contributed by atoms with Crippen LogP contribution in [0.25, 0.3) is 0 Å². The average molecular weight is 228 g/mol. The van der Waals surface area contributed by atoms with Crippen molar-refractivity contribution in [3.05, 3.63) is 0 Å². The molecule has 1 saturated heterocycles. The molecule has 0 N–H and O–H groups in total. The van der Waals surface area contributed by atoms with E-state index < -0.39 is 17.4 Å². The molecule has 1 rings (SSSR count). The fourth-order valence-electron chi connectivity index (χ4n) is 1.99. The van der Waals surface area contributed by atoms with Gasteiger partial charge in [-0.2, -0.15) is 0 Å². The molecule has 0 aliphatic carbocycles. The molecule has 0 radical (unpaired) electrons. The maximum atomic E-state index is 11.8. The Morgan fingerprint density at radius 2 is 2.19 bits per heavy atom. The molecule has 1 fully saturated rings. The molecular weight excluding hydrogens is 212 g/mol. The maximum Gasteiger partial charge on any atom is 0.324 e. The number of rotatable bonds is 4. The van der Waals surface area contributed by atoms with Gasteiger partial charge in [-0.15, -0.1) is 0 Å². The van der Waals surface area contributed by atoms with E-state index in [4.69, 9.17) is 9.47 Å². The Bertz CT molecular complexity index is 322. The highest BCUT2D eigenvalue weighted by atomic mass is 16.6. The van der Waals surface area contributed by atoms with Crippen LogP contribution in [-0.4, -0.2) is 30.4 Å². The van der Waals surface area contributed by atoms with Crippen LogP contribution < -0.4 is 0 Å². The fraction of sp³-hybridized carbons (Fsp3) is 0.727. The molecule has 1 heterocycles. The van der Waals surface area contributed by atoms with Crippen molar-refractivity contribution in [3.8, 4) is 0 Å². The minimum Gasteiger partial charge on any atom is -0.465 e. The second-order valence-corrected chi connectivity index (χ2v) is 4.10. The maximum absolute atomic E-state index is 11.8. The first-order valence-electron chi connectivity index (χ1n) is 5.30. The minimum atomic E-state index is -1.42. The number of ether oxygens (including phenoxy) is 2. The highest BCUT2D eigenvalue weighted by Gasteiger charge is 2.55. The molecule has 0 amide bonds. The minimum absolute atomic E-state index is 0.144. The summed E-state index contributed by atoms with van der Waals surface area (Å²) in [6.45, 7) is 4.87. The summed E-state index contributed by atoms with van der Waals surface area (Å²) in [5.41, 5.74) is -1.42. The Morgan fingerprint density at radius 3 is 2.56 bits per heavy atom. The molecule has 0 bridgehead atoms. The number of Topliss-reactive ketones (excluding diaryl/α,β-unsaturated/α-hetero) is 1. The Morgan fingerprint density at radius 1 is 1.56 bits per heavy atom. The van der Waals surface area contributed by atoms with Gasteiger partial charge in [0, 0.05) is 12.8 Å². The van der Waals surface area contributed by atoms with Gasteiger partial charge >= 0.3 is 11.9 Å². The number of hydrogen-bond donors (Lipinski definition) is 0. The second-order valence-electron chi connectivity index (χ2n) is 4.10. The first-order chi connectivity index (χ1) is 7.42. The van der Waals surface area contributed by atoms with Crippen LogP contribution in [0.3, 0.4) is 0 Å². The van der Waals surface area contributed by atoms with Crippen molar-refractivity contribution < 1.29 is 23.9 Å². The Balaban J connectivity index is 2.97. The van der Waals surface area contributed by atoms with Gasteiger partial charge in [0.2, 0.25) is 0 Å². The van der Waals surface area contributed by atoms with Crippen LogP contribution >= 0.6 is 0 Å². The van der Waals surface area contributed by atoms with Crippen molar-refractivity contribution in [1.82, 2.24) is 0 Å². The van der Waals surface area contributed by atoms with E-state index in [2.05, 4.69) is 0 Å².